The van der Waals surface area contributed by atoms with Crippen molar-refractivity contribution in [3.8, 4) is 0 Å². The number of nitrogens with zero attached hydrogens (tertiary/aromatic N) is 1. The molecule has 1 saturated carbocycles. The van der Waals surface area contributed by atoms with Crippen LogP contribution in [-0.4, -0.2) is 36.6 Å². The lowest BCUT2D eigenvalue weighted by Gasteiger charge is -2.31. The lowest BCUT2D eigenvalue weighted by atomic mass is 9.92. The van der Waals surface area contributed by atoms with Crippen molar-refractivity contribution in [3.05, 3.63) is 0 Å². The summed E-state index contributed by atoms with van der Waals surface area (Å²) in [4.78, 5) is 14.1. The minimum atomic E-state index is -0.181. The lowest BCUT2D eigenvalue weighted by molar-refractivity contribution is -0.153. The van der Waals surface area contributed by atoms with Crippen LogP contribution < -0.4 is 0 Å². The summed E-state index contributed by atoms with van der Waals surface area (Å²) in [5.74, 6) is 1.46. The number of ether oxygens (including phenoxy) is 1. The van der Waals surface area contributed by atoms with Crippen LogP contribution in [0.15, 0.2) is 0 Å². The highest BCUT2D eigenvalue weighted by Gasteiger charge is 2.67. The normalized spacial score (nSPS) is 47.2. The Kier molecular flexibility index (Phi) is 1.36. The molecule has 0 N–H and O–H groups in total. The Morgan fingerprint density at radius 2 is 2.46 bits per heavy atom. The van der Waals surface area contributed by atoms with Gasteiger partial charge in [-0.25, -0.2) is 0 Å². The maximum atomic E-state index is 11.8. The largest absolute Gasteiger partial charge is 0.468 e. The first-order chi connectivity index (χ1) is 6.29. The maximum Gasteiger partial charge on any atom is 0.326 e. The van der Waals surface area contributed by atoms with Crippen molar-refractivity contribution >= 4 is 5.97 Å². The fourth-order valence-corrected chi connectivity index (χ4v) is 3.45. The second-order valence-electron chi connectivity index (χ2n) is 4.57. The summed E-state index contributed by atoms with van der Waals surface area (Å²) in [6.45, 7) is 2.24. The number of hydrogen-bond acceptors (Lipinski definition) is 3. The van der Waals surface area contributed by atoms with Gasteiger partial charge in [0.1, 0.15) is 5.54 Å². The Morgan fingerprint density at radius 3 is 3.23 bits per heavy atom. The van der Waals surface area contributed by atoms with E-state index in [4.69, 9.17) is 4.74 Å². The molecule has 0 aromatic carbocycles. The van der Waals surface area contributed by atoms with Crippen LogP contribution in [0.4, 0.5) is 0 Å². The number of rotatable bonds is 1. The molecular formula is C10H15NO2. The molecule has 0 amide bonds. The van der Waals surface area contributed by atoms with E-state index < -0.39 is 0 Å². The predicted octanol–water partition coefficient (Wildman–Crippen LogP) is 0.644. The molecule has 3 heteroatoms. The SMILES string of the molecule is COC(=O)C12CCCN1C[C@@H]1C[C@@H]12. The molecule has 72 valence electrons. The summed E-state index contributed by atoms with van der Waals surface area (Å²) in [5, 5.41) is 0. The molecule has 3 fully saturated rings. The Bertz CT molecular complexity index is 266. The van der Waals surface area contributed by atoms with Crippen LogP contribution in [-0.2, 0) is 9.53 Å². The molecule has 0 bridgehead atoms. The third-order valence-electron chi connectivity index (χ3n) is 4.08. The molecule has 2 saturated heterocycles. The fraction of sp³-hybridized carbons (Fsp3) is 0.900. The van der Waals surface area contributed by atoms with E-state index in [1.165, 1.54) is 20.0 Å². The van der Waals surface area contributed by atoms with E-state index in [2.05, 4.69) is 4.90 Å². The standard InChI is InChI=1S/C10H15NO2/c1-13-9(12)10-3-2-4-11(10)6-7-5-8(7)10/h7-8H,2-6H2,1H3/t7-,8-,10?/m0/s1. The minimum Gasteiger partial charge on any atom is -0.468 e. The zero-order valence-electron chi connectivity index (χ0n) is 7.95. The van der Waals surface area contributed by atoms with Crippen LogP contribution in [0.25, 0.3) is 0 Å². The molecule has 0 spiro atoms. The van der Waals surface area contributed by atoms with Crippen molar-refractivity contribution in [3.63, 3.8) is 0 Å². The molecule has 1 unspecified atom stereocenters. The van der Waals surface area contributed by atoms with Crippen molar-refractivity contribution in [2.24, 2.45) is 11.8 Å². The van der Waals surface area contributed by atoms with Crippen LogP contribution in [0.3, 0.4) is 0 Å². The van der Waals surface area contributed by atoms with Gasteiger partial charge in [-0.1, -0.05) is 0 Å². The molecule has 0 radical (unpaired) electrons. The van der Waals surface area contributed by atoms with Gasteiger partial charge in [0, 0.05) is 6.54 Å². The van der Waals surface area contributed by atoms with E-state index in [1.807, 2.05) is 0 Å². The highest BCUT2D eigenvalue weighted by molar-refractivity contribution is 5.83. The summed E-state index contributed by atoms with van der Waals surface area (Å²) in [6.07, 6.45) is 3.45. The van der Waals surface area contributed by atoms with Gasteiger partial charge < -0.3 is 4.74 Å². The topological polar surface area (TPSA) is 29.5 Å². The number of methoxy groups -OCH3 is 1. The first kappa shape index (κ1) is 7.80. The van der Waals surface area contributed by atoms with E-state index in [9.17, 15) is 4.79 Å². The second-order valence-corrected chi connectivity index (χ2v) is 4.57. The molecule has 1 aliphatic carbocycles. The number of esters is 1. The van der Waals surface area contributed by atoms with E-state index in [1.54, 1.807) is 0 Å². The Hall–Kier alpha value is -0.570. The predicted molar refractivity (Wildman–Crippen MR) is 47.2 cm³/mol. The molecule has 0 aromatic heterocycles. The van der Waals surface area contributed by atoms with Gasteiger partial charge in [-0.05, 0) is 37.6 Å². The first-order valence-corrected chi connectivity index (χ1v) is 5.12. The number of piperidine rings is 1. The summed E-state index contributed by atoms with van der Waals surface area (Å²) in [5.41, 5.74) is -0.181. The quantitative estimate of drug-likeness (QED) is 0.556. The van der Waals surface area contributed by atoms with Crippen molar-refractivity contribution in [2.75, 3.05) is 20.2 Å². The van der Waals surface area contributed by atoms with Gasteiger partial charge in [-0.3, -0.25) is 9.69 Å². The van der Waals surface area contributed by atoms with E-state index >= 15 is 0 Å². The highest BCUT2D eigenvalue weighted by atomic mass is 16.5. The Morgan fingerprint density at radius 1 is 1.62 bits per heavy atom. The molecule has 2 heterocycles. The van der Waals surface area contributed by atoms with Crippen LogP contribution in [0.1, 0.15) is 19.3 Å². The van der Waals surface area contributed by atoms with Gasteiger partial charge in [-0.15, -0.1) is 0 Å². The molecule has 13 heavy (non-hydrogen) atoms. The highest BCUT2D eigenvalue weighted by Crippen LogP contribution is 2.59. The monoisotopic (exact) mass is 181 g/mol. The van der Waals surface area contributed by atoms with E-state index in [0.29, 0.717) is 5.92 Å². The van der Waals surface area contributed by atoms with Gasteiger partial charge in [0.15, 0.2) is 0 Å². The van der Waals surface area contributed by atoms with Crippen LogP contribution >= 0.6 is 0 Å². The van der Waals surface area contributed by atoms with Gasteiger partial charge in [0.05, 0.1) is 7.11 Å². The van der Waals surface area contributed by atoms with Crippen molar-refractivity contribution in [1.82, 2.24) is 4.90 Å². The average Bonchev–Trinajstić information content (AvgIpc) is 2.67. The van der Waals surface area contributed by atoms with Gasteiger partial charge in [0.25, 0.3) is 0 Å². The van der Waals surface area contributed by atoms with Gasteiger partial charge >= 0.3 is 5.97 Å². The third-order valence-corrected chi connectivity index (χ3v) is 4.08. The zero-order valence-corrected chi connectivity index (χ0v) is 7.95. The molecule has 3 nitrogen and oxygen atoms in total. The van der Waals surface area contributed by atoms with Gasteiger partial charge in [0.2, 0.25) is 0 Å². The Labute approximate surface area is 78.0 Å². The van der Waals surface area contributed by atoms with E-state index in [-0.39, 0.29) is 11.5 Å². The smallest absolute Gasteiger partial charge is 0.326 e. The van der Waals surface area contributed by atoms with Crippen LogP contribution in [0, 0.1) is 11.8 Å². The number of hydrogen-bond donors (Lipinski definition) is 0. The molecule has 3 atom stereocenters. The first-order valence-electron chi connectivity index (χ1n) is 5.12. The Balaban J connectivity index is 1.96. The minimum absolute atomic E-state index is 0.0231. The molecule has 3 rings (SSSR count). The molecule has 0 aromatic rings. The average molecular weight is 181 g/mol. The van der Waals surface area contributed by atoms with Crippen LogP contribution in [0.2, 0.25) is 0 Å². The third kappa shape index (κ3) is 0.766. The fourth-order valence-electron chi connectivity index (χ4n) is 3.45. The summed E-state index contributed by atoms with van der Waals surface area (Å²) in [7, 11) is 1.52. The van der Waals surface area contributed by atoms with Crippen molar-refractivity contribution in [2.45, 2.75) is 24.8 Å². The second kappa shape index (κ2) is 2.27. The van der Waals surface area contributed by atoms with Gasteiger partial charge in [-0.2, -0.15) is 0 Å². The molecule has 2 aliphatic heterocycles. The number of fused-ring (bicyclic) bond motifs is 3. The summed E-state index contributed by atoms with van der Waals surface area (Å²) in [6, 6.07) is 0. The maximum absolute atomic E-state index is 11.8. The lowest BCUT2D eigenvalue weighted by Crippen LogP contribution is -2.49. The van der Waals surface area contributed by atoms with Crippen molar-refractivity contribution in [1.29, 1.82) is 0 Å². The zero-order chi connectivity index (χ0) is 9.05. The van der Waals surface area contributed by atoms with E-state index in [0.717, 1.165) is 25.4 Å². The van der Waals surface area contributed by atoms with Crippen molar-refractivity contribution < 1.29 is 9.53 Å². The summed E-state index contributed by atoms with van der Waals surface area (Å²) < 4.78 is 4.96. The molecule has 3 aliphatic rings. The number of carbonyl (C=O) groups is 1. The van der Waals surface area contributed by atoms with Crippen LogP contribution in [0.5, 0.6) is 0 Å². The summed E-state index contributed by atoms with van der Waals surface area (Å²) >= 11 is 0. The number of carbonyl (C=O) groups excluding carboxylic acids is 1. The molecular weight excluding hydrogens is 166 g/mol.